The monoisotopic (exact) mass is 584 g/mol. The first-order valence-corrected chi connectivity index (χ1v) is 12.8. The quantitative estimate of drug-likeness (QED) is 0.258. The number of hydrogen-bond donors (Lipinski definition) is 2. The molecule has 40 heavy (non-hydrogen) atoms. The van der Waals surface area contributed by atoms with Gasteiger partial charge < -0.3 is 30.2 Å². The number of nitrogens with one attached hydrogen (secondary N) is 1. The minimum absolute atomic E-state index is 0.0429. The molecule has 4 rings (SSSR count). The third-order valence-electron chi connectivity index (χ3n) is 6.08. The van der Waals surface area contributed by atoms with Crippen LogP contribution >= 0.6 is 23.2 Å². The van der Waals surface area contributed by atoms with Crippen molar-refractivity contribution in [3.8, 4) is 17.8 Å². The zero-order valence-corrected chi connectivity index (χ0v) is 23.1. The summed E-state index contributed by atoms with van der Waals surface area (Å²) >= 11 is 12.4. The molecule has 1 atom stereocenters. The summed E-state index contributed by atoms with van der Waals surface area (Å²) in [4.78, 5) is 29.7. The van der Waals surface area contributed by atoms with Gasteiger partial charge in [-0.1, -0.05) is 23.2 Å². The molecule has 1 fully saturated rings. The predicted octanol–water partition coefficient (Wildman–Crippen LogP) is 2.79. The minimum Gasteiger partial charge on any atom is -0.525 e. The summed E-state index contributed by atoms with van der Waals surface area (Å²) in [7, 11) is 3.35. The van der Waals surface area contributed by atoms with Crippen LogP contribution in [0.5, 0.6) is 5.75 Å². The first-order chi connectivity index (χ1) is 19.2. The zero-order chi connectivity index (χ0) is 28.8. The van der Waals surface area contributed by atoms with E-state index < -0.39 is 17.8 Å². The lowest BCUT2D eigenvalue weighted by atomic mass is 10.1. The van der Waals surface area contributed by atoms with Crippen LogP contribution in [0.2, 0.25) is 10.0 Å². The SMILES string of the molecule is BOC#C[C@@H](Oc1cc(C(=O)Nc2ccc(C(=O)N3CCN(C)CC3)cc2)nnc1N)c1c(Cl)ccc(F)c1Cl. The number of rotatable bonds is 6. The molecule has 3 N–H and O–H groups in total. The van der Waals surface area contributed by atoms with E-state index in [2.05, 4.69) is 32.4 Å². The number of aromatic nitrogens is 2. The highest BCUT2D eigenvalue weighted by atomic mass is 35.5. The normalized spacial score (nSPS) is 14.1. The van der Waals surface area contributed by atoms with Gasteiger partial charge in [-0.05, 0) is 49.4 Å². The lowest BCUT2D eigenvalue weighted by molar-refractivity contribution is 0.0664. The third kappa shape index (κ3) is 6.74. The van der Waals surface area contributed by atoms with Crippen LogP contribution in [0.4, 0.5) is 15.9 Å². The van der Waals surface area contributed by atoms with Crippen LogP contribution in [0, 0.1) is 17.8 Å². The van der Waals surface area contributed by atoms with Crippen LogP contribution in [0.1, 0.15) is 32.5 Å². The van der Waals surface area contributed by atoms with Gasteiger partial charge in [-0.15, -0.1) is 10.2 Å². The van der Waals surface area contributed by atoms with Gasteiger partial charge in [0.25, 0.3) is 11.8 Å². The standard InChI is InChI=1S/C26H24BCl2FN6O4/c1-35-9-11-36(12-10-35)26(38)15-2-4-16(5-3-15)32-25(37)19-14-21(24(31)34-33-19)40-20(8-13-39-27)22-17(28)6-7-18(30)23(22)29/h2-7,14,20H,9-12,27H2,1H3,(H2,31,34)(H,32,37)/t20-/m1/s1. The van der Waals surface area contributed by atoms with Crippen molar-refractivity contribution in [3.05, 3.63) is 75.1 Å². The van der Waals surface area contributed by atoms with Crippen LogP contribution in [0.15, 0.2) is 42.5 Å². The molecule has 1 aliphatic rings. The Morgan fingerprint density at radius 2 is 1.82 bits per heavy atom. The van der Waals surface area contributed by atoms with Crippen molar-refractivity contribution in [3.63, 3.8) is 0 Å². The third-order valence-corrected chi connectivity index (χ3v) is 6.79. The fourth-order valence-corrected chi connectivity index (χ4v) is 4.42. The Bertz CT molecular complexity index is 1480. The van der Waals surface area contributed by atoms with E-state index >= 15 is 0 Å². The summed E-state index contributed by atoms with van der Waals surface area (Å²) in [6, 6.07) is 10.2. The summed E-state index contributed by atoms with van der Waals surface area (Å²) in [6.07, 6.45) is 1.15. The number of amides is 2. The fraction of sp³-hybridized carbons (Fsp3) is 0.231. The van der Waals surface area contributed by atoms with Gasteiger partial charge in [0.1, 0.15) is 5.82 Å². The lowest BCUT2D eigenvalue weighted by Gasteiger charge is -2.32. The van der Waals surface area contributed by atoms with Gasteiger partial charge in [0.2, 0.25) is 0 Å². The Labute approximate surface area is 241 Å². The Hall–Kier alpha value is -4.05. The van der Waals surface area contributed by atoms with Gasteiger partial charge in [-0.3, -0.25) is 9.59 Å². The van der Waals surface area contributed by atoms with Crippen LogP contribution in [-0.4, -0.2) is 73.1 Å². The van der Waals surface area contributed by atoms with E-state index in [0.29, 0.717) is 24.3 Å². The zero-order valence-electron chi connectivity index (χ0n) is 21.6. The highest BCUT2D eigenvalue weighted by molar-refractivity contribution is 6.36. The maximum atomic E-state index is 14.2. The van der Waals surface area contributed by atoms with Gasteiger partial charge in [-0.2, -0.15) is 0 Å². The number of benzene rings is 2. The molecule has 1 saturated heterocycles. The summed E-state index contributed by atoms with van der Waals surface area (Å²) in [5.41, 5.74) is 6.79. The molecule has 0 saturated carbocycles. The molecule has 2 aromatic carbocycles. The van der Waals surface area contributed by atoms with Crippen molar-refractivity contribution >= 4 is 54.6 Å². The number of halogens is 3. The number of nitrogen functional groups attached to an aromatic ring is 1. The molecule has 0 bridgehead atoms. The number of ether oxygens (including phenoxy) is 1. The molecule has 3 aromatic rings. The highest BCUT2D eigenvalue weighted by Gasteiger charge is 2.24. The molecule has 2 amide bonds. The second-order valence-electron chi connectivity index (χ2n) is 8.81. The molecule has 0 aliphatic carbocycles. The van der Waals surface area contributed by atoms with Crippen molar-refractivity contribution in [1.82, 2.24) is 20.0 Å². The molecule has 206 valence electrons. The van der Waals surface area contributed by atoms with Gasteiger partial charge in [0.05, 0.1) is 16.2 Å². The Morgan fingerprint density at radius 1 is 1.12 bits per heavy atom. The Kier molecular flexibility index (Phi) is 9.32. The van der Waals surface area contributed by atoms with Crippen LogP contribution < -0.4 is 15.8 Å². The number of anilines is 2. The molecular formula is C26H24BCl2FN6O4. The van der Waals surface area contributed by atoms with E-state index in [9.17, 15) is 14.0 Å². The molecule has 0 radical (unpaired) electrons. The summed E-state index contributed by atoms with van der Waals surface area (Å²) in [5.74, 6) is 0.993. The maximum Gasteiger partial charge on any atom is 0.337 e. The van der Waals surface area contributed by atoms with Crippen LogP contribution in [-0.2, 0) is 4.65 Å². The summed E-state index contributed by atoms with van der Waals surface area (Å²) in [5, 5.41) is 10.1. The van der Waals surface area contributed by atoms with Crippen molar-refractivity contribution in [1.29, 1.82) is 0 Å². The van der Waals surface area contributed by atoms with Gasteiger partial charge >= 0.3 is 8.05 Å². The maximum absolute atomic E-state index is 14.2. The first kappa shape index (κ1) is 29.0. The number of nitrogens with zero attached hydrogens (tertiary/aromatic N) is 4. The number of hydrogen-bond acceptors (Lipinski definition) is 8. The number of carbonyl (C=O) groups excluding carboxylic acids is 2. The Morgan fingerprint density at radius 3 is 2.50 bits per heavy atom. The highest BCUT2D eigenvalue weighted by Crippen LogP contribution is 2.36. The van der Waals surface area contributed by atoms with E-state index in [1.165, 1.54) is 20.2 Å². The molecule has 10 nitrogen and oxygen atoms in total. The molecule has 0 spiro atoms. The predicted molar refractivity (Wildman–Crippen MR) is 151 cm³/mol. The largest absolute Gasteiger partial charge is 0.525 e. The van der Waals surface area contributed by atoms with Crippen LogP contribution in [0.25, 0.3) is 0 Å². The fourth-order valence-electron chi connectivity index (χ4n) is 3.86. The van der Waals surface area contributed by atoms with Crippen molar-refractivity contribution in [2.45, 2.75) is 6.10 Å². The smallest absolute Gasteiger partial charge is 0.337 e. The Balaban J connectivity index is 1.50. The van der Waals surface area contributed by atoms with E-state index in [4.69, 9.17) is 38.3 Å². The topological polar surface area (TPSA) is 123 Å². The average Bonchev–Trinajstić information content (AvgIpc) is 2.95. The second-order valence-corrected chi connectivity index (χ2v) is 9.60. The number of carbonyl (C=O) groups is 2. The summed E-state index contributed by atoms with van der Waals surface area (Å²) < 4.78 is 24.8. The molecule has 2 heterocycles. The van der Waals surface area contributed by atoms with E-state index in [1.54, 1.807) is 29.2 Å². The van der Waals surface area contributed by atoms with Gasteiger partial charge in [0, 0.05) is 49.1 Å². The first-order valence-electron chi connectivity index (χ1n) is 12.0. The average molecular weight is 585 g/mol. The van der Waals surface area contributed by atoms with Crippen LogP contribution in [0.3, 0.4) is 0 Å². The second kappa shape index (κ2) is 12.9. The molecular weight excluding hydrogens is 561 g/mol. The van der Waals surface area contributed by atoms with Crippen molar-refractivity contribution in [2.75, 3.05) is 44.3 Å². The number of likely N-dealkylation sites (N-methyl/N-ethyl adjacent to an activating group) is 1. The molecule has 0 unspecified atom stereocenters. The number of piperazine rings is 1. The van der Waals surface area contributed by atoms with E-state index in [-0.39, 0.29) is 38.8 Å². The van der Waals surface area contributed by atoms with Gasteiger partial charge in [-0.25, -0.2) is 4.39 Å². The van der Waals surface area contributed by atoms with Crippen molar-refractivity contribution in [2.24, 2.45) is 0 Å². The van der Waals surface area contributed by atoms with Gasteiger partial charge in [0.15, 0.2) is 23.4 Å². The number of nitrogens with two attached hydrogens (primary N) is 1. The minimum atomic E-state index is -1.22. The molecule has 14 heteroatoms. The summed E-state index contributed by atoms with van der Waals surface area (Å²) in [6.45, 7) is 2.94. The van der Waals surface area contributed by atoms with Crippen molar-refractivity contribution < 1.29 is 23.4 Å². The molecule has 1 aliphatic heterocycles. The van der Waals surface area contributed by atoms with E-state index in [1.807, 2.05) is 7.05 Å². The molecule has 1 aromatic heterocycles. The van der Waals surface area contributed by atoms with E-state index in [0.717, 1.165) is 19.2 Å². The lowest BCUT2D eigenvalue weighted by Crippen LogP contribution is -2.47.